The Kier molecular flexibility index (Phi) is 5.76. The molecule has 1 N–H and O–H groups in total. The summed E-state index contributed by atoms with van der Waals surface area (Å²) < 4.78 is 24.4. The van der Waals surface area contributed by atoms with E-state index < -0.39 is 0 Å². The Bertz CT molecular complexity index is 407. The summed E-state index contributed by atoms with van der Waals surface area (Å²) in [7, 11) is 3.53. The second-order valence-corrected chi connectivity index (χ2v) is 5.25. The minimum Gasteiger partial charge on any atom is -0.493 e. The average Bonchev–Trinajstić information content (AvgIpc) is 2.39. The van der Waals surface area contributed by atoms with Crippen LogP contribution in [0.15, 0.2) is 18.2 Å². The number of hydrogen-bond acceptors (Lipinski definition) is 3. The standard InChI is InChI=1S/C15H24FNO2/c1-11(17-4)13-10-12(16)6-7-14(13)19-9-8-15(2,3)18-5/h6-7,10-11,17H,8-9H2,1-5H3. The molecule has 0 aliphatic rings. The van der Waals surface area contributed by atoms with E-state index >= 15 is 0 Å². The van der Waals surface area contributed by atoms with Gasteiger partial charge in [-0.25, -0.2) is 4.39 Å². The highest BCUT2D eigenvalue weighted by molar-refractivity contribution is 5.36. The first-order valence-corrected chi connectivity index (χ1v) is 6.54. The topological polar surface area (TPSA) is 30.5 Å². The molecule has 0 fully saturated rings. The van der Waals surface area contributed by atoms with E-state index in [9.17, 15) is 4.39 Å². The van der Waals surface area contributed by atoms with E-state index in [2.05, 4.69) is 5.32 Å². The normalized spacial score (nSPS) is 13.4. The van der Waals surface area contributed by atoms with E-state index in [1.807, 2.05) is 27.8 Å². The van der Waals surface area contributed by atoms with Gasteiger partial charge in [0.1, 0.15) is 11.6 Å². The van der Waals surface area contributed by atoms with Gasteiger partial charge in [0.15, 0.2) is 0 Å². The molecular weight excluding hydrogens is 245 g/mol. The molecule has 0 saturated heterocycles. The zero-order valence-electron chi connectivity index (χ0n) is 12.4. The van der Waals surface area contributed by atoms with Gasteiger partial charge >= 0.3 is 0 Å². The lowest BCUT2D eigenvalue weighted by molar-refractivity contribution is 0.00534. The third-order valence-electron chi connectivity index (χ3n) is 3.39. The first-order valence-electron chi connectivity index (χ1n) is 6.54. The van der Waals surface area contributed by atoms with Crippen molar-refractivity contribution in [1.82, 2.24) is 5.32 Å². The largest absolute Gasteiger partial charge is 0.493 e. The third kappa shape index (κ3) is 4.80. The van der Waals surface area contributed by atoms with Gasteiger partial charge in [-0.05, 0) is 46.0 Å². The van der Waals surface area contributed by atoms with Gasteiger partial charge in [-0.3, -0.25) is 0 Å². The lowest BCUT2D eigenvalue weighted by atomic mass is 10.1. The van der Waals surface area contributed by atoms with Crippen molar-refractivity contribution in [2.75, 3.05) is 20.8 Å². The first kappa shape index (κ1) is 15.9. The van der Waals surface area contributed by atoms with Crippen LogP contribution in [0.4, 0.5) is 4.39 Å². The maximum Gasteiger partial charge on any atom is 0.124 e. The molecule has 3 nitrogen and oxygen atoms in total. The van der Waals surface area contributed by atoms with Crippen LogP contribution in [-0.2, 0) is 4.74 Å². The Balaban J connectivity index is 2.72. The van der Waals surface area contributed by atoms with Crippen LogP contribution in [0.3, 0.4) is 0 Å². The number of rotatable bonds is 7. The number of hydrogen-bond donors (Lipinski definition) is 1. The zero-order valence-corrected chi connectivity index (χ0v) is 12.4. The molecule has 0 radical (unpaired) electrons. The van der Waals surface area contributed by atoms with Crippen LogP contribution in [0.1, 0.15) is 38.8 Å². The van der Waals surface area contributed by atoms with Crippen molar-refractivity contribution in [3.8, 4) is 5.75 Å². The second-order valence-electron chi connectivity index (χ2n) is 5.25. The van der Waals surface area contributed by atoms with Gasteiger partial charge in [0.2, 0.25) is 0 Å². The van der Waals surface area contributed by atoms with Crippen molar-refractivity contribution in [1.29, 1.82) is 0 Å². The van der Waals surface area contributed by atoms with Crippen molar-refractivity contribution in [3.05, 3.63) is 29.6 Å². The van der Waals surface area contributed by atoms with Gasteiger partial charge in [-0.15, -0.1) is 0 Å². The lowest BCUT2D eigenvalue weighted by Crippen LogP contribution is -2.25. The summed E-state index contributed by atoms with van der Waals surface area (Å²) in [6, 6.07) is 4.65. The highest BCUT2D eigenvalue weighted by Crippen LogP contribution is 2.26. The van der Waals surface area contributed by atoms with E-state index in [0.29, 0.717) is 6.61 Å². The summed E-state index contributed by atoms with van der Waals surface area (Å²) in [5.74, 6) is 0.469. The van der Waals surface area contributed by atoms with E-state index in [0.717, 1.165) is 17.7 Å². The number of benzene rings is 1. The number of halogens is 1. The van der Waals surface area contributed by atoms with Crippen LogP contribution < -0.4 is 10.1 Å². The average molecular weight is 269 g/mol. The maximum atomic E-state index is 13.3. The molecule has 0 aliphatic heterocycles. The van der Waals surface area contributed by atoms with Gasteiger partial charge in [-0.1, -0.05) is 0 Å². The van der Waals surface area contributed by atoms with Crippen LogP contribution in [0.2, 0.25) is 0 Å². The van der Waals surface area contributed by atoms with E-state index in [1.165, 1.54) is 12.1 Å². The van der Waals surface area contributed by atoms with E-state index in [1.54, 1.807) is 13.2 Å². The van der Waals surface area contributed by atoms with Crippen molar-refractivity contribution in [3.63, 3.8) is 0 Å². The Morgan fingerprint density at radius 3 is 2.63 bits per heavy atom. The summed E-state index contributed by atoms with van der Waals surface area (Å²) in [6.45, 7) is 6.53. The summed E-state index contributed by atoms with van der Waals surface area (Å²) in [4.78, 5) is 0. The first-order chi connectivity index (χ1) is 8.89. The monoisotopic (exact) mass is 269 g/mol. The minimum atomic E-state index is -0.248. The molecular formula is C15H24FNO2. The molecule has 108 valence electrons. The SMILES string of the molecule is CNC(C)c1cc(F)ccc1OCCC(C)(C)OC. The molecule has 19 heavy (non-hydrogen) atoms. The molecule has 0 saturated carbocycles. The van der Waals surface area contributed by atoms with Crippen molar-refractivity contribution in [2.45, 2.75) is 38.8 Å². The molecule has 1 atom stereocenters. The van der Waals surface area contributed by atoms with E-state index in [4.69, 9.17) is 9.47 Å². The number of nitrogens with one attached hydrogen (secondary N) is 1. The number of methoxy groups -OCH3 is 1. The van der Waals surface area contributed by atoms with Crippen molar-refractivity contribution < 1.29 is 13.9 Å². The van der Waals surface area contributed by atoms with Crippen LogP contribution in [0, 0.1) is 5.82 Å². The molecule has 4 heteroatoms. The minimum absolute atomic E-state index is 0.0427. The molecule has 1 aromatic carbocycles. The van der Waals surface area contributed by atoms with Crippen LogP contribution in [0.5, 0.6) is 5.75 Å². The molecule has 1 rings (SSSR count). The van der Waals surface area contributed by atoms with Gasteiger partial charge < -0.3 is 14.8 Å². The van der Waals surface area contributed by atoms with Crippen molar-refractivity contribution in [2.24, 2.45) is 0 Å². The van der Waals surface area contributed by atoms with Crippen molar-refractivity contribution >= 4 is 0 Å². The molecule has 0 aromatic heterocycles. The summed E-state index contributed by atoms with van der Waals surface area (Å²) in [5, 5.41) is 3.10. The van der Waals surface area contributed by atoms with Crippen LogP contribution >= 0.6 is 0 Å². The highest BCUT2D eigenvalue weighted by atomic mass is 19.1. The zero-order chi connectivity index (χ0) is 14.5. The van der Waals surface area contributed by atoms with Crippen LogP contribution in [0.25, 0.3) is 0 Å². The third-order valence-corrected chi connectivity index (χ3v) is 3.39. The predicted molar refractivity (Wildman–Crippen MR) is 75.1 cm³/mol. The molecule has 1 unspecified atom stereocenters. The summed E-state index contributed by atoms with van der Waals surface area (Å²) in [5.41, 5.74) is 0.618. The maximum absolute atomic E-state index is 13.3. The van der Waals surface area contributed by atoms with Gasteiger partial charge in [0, 0.05) is 25.1 Å². The van der Waals surface area contributed by atoms with Gasteiger partial charge in [-0.2, -0.15) is 0 Å². The molecule has 0 spiro atoms. The Morgan fingerprint density at radius 2 is 2.05 bits per heavy atom. The fraction of sp³-hybridized carbons (Fsp3) is 0.600. The molecule has 0 amide bonds. The Hall–Kier alpha value is -1.13. The van der Waals surface area contributed by atoms with Gasteiger partial charge in [0.05, 0.1) is 12.2 Å². The molecule has 0 heterocycles. The highest BCUT2D eigenvalue weighted by Gasteiger charge is 2.17. The Morgan fingerprint density at radius 1 is 1.37 bits per heavy atom. The molecule has 0 bridgehead atoms. The lowest BCUT2D eigenvalue weighted by Gasteiger charge is -2.23. The second kappa shape index (κ2) is 6.87. The summed E-state index contributed by atoms with van der Waals surface area (Å²) in [6.07, 6.45) is 0.772. The predicted octanol–water partition coefficient (Wildman–Crippen LogP) is 3.30. The summed E-state index contributed by atoms with van der Waals surface area (Å²) >= 11 is 0. The smallest absolute Gasteiger partial charge is 0.124 e. The Labute approximate surface area is 115 Å². The molecule has 0 aliphatic carbocycles. The molecule has 1 aromatic rings. The van der Waals surface area contributed by atoms with Gasteiger partial charge in [0.25, 0.3) is 0 Å². The van der Waals surface area contributed by atoms with E-state index in [-0.39, 0.29) is 17.5 Å². The fourth-order valence-electron chi connectivity index (χ4n) is 1.65. The fourth-order valence-corrected chi connectivity index (χ4v) is 1.65. The van der Waals surface area contributed by atoms with Crippen LogP contribution in [-0.4, -0.2) is 26.4 Å². The number of ether oxygens (including phenoxy) is 2. The quantitative estimate of drug-likeness (QED) is 0.824.